The molecule has 0 aliphatic carbocycles. The molecule has 0 fully saturated rings. The number of hydrogen-bond donors (Lipinski definition) is 1. The summed E-state index contributed by atoms with van der Waals surface area (Å²) in [5.74, 6) is 0. The summed E-state index contributed by atoms with van der Waals surface area (Å²) >= 11 is 0. The maximum atomic E-state index is 11.9. The van der Waals surface area contributed by atoms with E-state index in [-0.39, 0.29) is 12.1 Å². The Bertz CT molecular complexity index is 421. The van der Waals surface area contributed by atoms with Crippen LogP contribution in [0.4, 0.5) is 13.2 Å². The zero-order valence-corrected chi connectivity index (χ0v) is 12.3. The van der Waals surface area contributed by atoms with Crippen molar-refractivity contribution in [2.24, 2.45) is 0 Å². The van der Waals surface area contributed by atoms with E-state index in [2.05, 4.69) is 35.9 Å². The molecule has 0 spiro atoms. The van der Waals surface area contributed by atoms with Crippen molar-refractivity contribution in [3.8, 4) is 0 Å². The van der Waals surface area contributed by atoms with Crippen molar-refractivity contribution in [3.63, 3.8) is 0 Å². The summed E-state index contributed by atoms with van der Waals surface area (Å²) in [6, 6.07) is 0. The van der Waals surface area contributed by atoms with Crippen molar-refractivity contribution < 1.29 is 17.9 Å². The highest BCUT2D eigenvalue weighted by Crippen LogP contribution is 2.14. The van der Waals surface area contributed by atoms with Gasteiger partial charge in [0.25, 0.3) is 0 Å². The molecule has 1 aromatic heterocycles. The second kappa shape index (κ2) is 6.58. The van der Waals surface area contributed by atoms with Gasteiger partial charge in [-0.2, -0.15) is 18.3 Å². The molecular formula is C13H22F3N3O. The van der Waals surface area contributed by atoms with E-state index < -0.39 is 12.8 Å². The van der Waals surface area contributed by atoms with Crippen LogP contribution in [-0.4, -0.2) is 34.7 Å². The number of rotatable bonds is 6. The van der Waals surface area contributed by atoms with Gasteiger partial charge < -0.3 is 10.1 Å². The predicted octanol–water partition coefficient (Wildman–Crippen LogP) is 2.66. The molecule has 0 saturated heterocycles. The normalized spacial score (nSPS) is 12.9. The summed E-state index contributed by atoms with van der Waals surface area (Å²) < 4.78 is 41.9. The molecule has 0 aliphatic heterocycles. The van der Waals surface area contributed by atoms with E-state index in [1.54, 1.807) is 4.68 Å². The molecule has 0 aliphatic rings. The van der Waals surface area contributed by atoms with Crippen LogP contribution in [0, 0.1) is 6.92 Å². The second-order valence-corrected chi connectivity index (χ2v) is 5.77. The van der Waals surface area contributed by atoms with Gasteiger partial charge in [-0.3, -0.25) is 4.68 Å². The molecule has 1 aromatic rings. The molecule has 1 heterocycles. The van der Waals surface area contributed by atoms with Gasteiger partial charge in [-0.15, -0.1) is 0 Å². The number of aromatic nitrogens is 2. The first-order valence-electron chi connectivity index (χ1n) is 6.49. The molecule has 0 radical (unpaired) electrons. The van der Waals surface area contributed by atoms with E-state index in [0.29, 0.717) is 13.1 Å². The third-order valence-corrected chi connectivity index (χ3v) is 2.59. The topological polar surface area (TPSA) is 39.1 Å². The van der Waals surface area contributed by atoms with Gasteiger partial charge in [-0.05, 0) is 27.7 Å². The molecule has 20 heavy (non-hydrogen) atoms. The molecule has 0 bridgehead atoms. The van der Waals surface area contributed by atoms with E-state index in [9.17, 15) is 13.2 Å². The van der Waals surface area contributed by atoms with Gasteiger partial charge in [0.2, 0.25) is 0 Å². The smallest absolute Gasteiger partial charge is 0.370 e. The van der Waals surface area contributed by atoms with Gasteiger partial charge in [0.1, 0.15) is 6.61 Å². The van der Waals surface area contributed by atoms with Gasteiger partial charge in [-0.1, -0.05) is 0 Å². The SMILES string of the molecule is Cc1nn(CCOCC(F)(F)F)cc1CNC(C)(C)C. The Labute approximate surface area is 117 Å². The zero-order valence-electron chi connectivity index (χ0n) is 12.3. The Morgan fingerprint density at radius 1 is 1.30 bits per heavy atom. The molecule has 0 saturated carbocycles. The summed E-state index contributed by atoms with van der Waals surface area (Å²) in [5.41, 5.74) is 1.91. The van der Waals surface area contributed by atoms with E-state index in [0.717, 1.165) is 11.3 Å². The first-order valence-corrected chi connectivity index (χ1v) is 6.49. The minimum atomic E-state index is -4.28. The average Bonchev–Trinajstić information content (AvgIpc) is 2.60. The number of halogens is 3. The molecule has 1 N–H and O–H groups in total. The third kappa shape index (κ3) is 6.91. The monoisotopic (exact) mass is 293 g/mol. The fraction of sp³-hybridized carbons (Fsp3) is 0.769. The molecule has 0 unspecified atom stereocenters. The molecule has 0 amide bonds. The summed E-state index contributed by atoms with van der Waals surface area (Å²) in [5, 5.41) is 7.61. The Morgan fingerprint density at radius 3 is 2.50 bits per heavy atom. The van der Waals surface area contributed by atoms with Crippen molar-refractivity contribution >= 4 is 0 Å². The van der Waals surface area contributed by atoms with Crippen molar-refractivity contribution in [2.45, 2.75) is 52.5 Å². The van der Waals surface area contributed by atoms with Crippen LogP contribution in [0.2, 0.25) is 0 Å². The Kier molecular flexibility index (Phi) is 5.59. The molecular weight excluding hydrogens is 271 g/mol. The molecule has 0 atom stereocenters. The molecule has 0 aromatic carbocycles. The maximum absolute atomic E-state index is 11.9. The number of alkyl halides is 3. The van der Waals surface area contributed by atoms with E-state index in [1.807, 2.05) is 13.1 Å². The lowest BCUT2D eigenvalue weighted by atomic mass is 10.1. The number of hydrogen-bond acceptors (Lipinski definition) is 3. The first-order chi connectivity index (χ1) is 9.07. The van der Waals surface area contributed by atoms with Crippen LogP contribution in [0.5, 0.6) is 0 Å². The highest BCUT2D eigenvalue weighted by molar-refractivity contribution is 5.15. The lowest BCUT2D eigenvalue weighted by Crippen LogP contribution is -2.35. The number of nitrogens with one attached hydrogen (secondary N) is 1. The fourth-order valence-corrected chi connectivity index (χ4v) is 1.55. The standard InChI is InChI=1S/C13H22F3N3O/c1-10-11(7-17-12(2,3)4)8-19(18-10)5-6-20-9-13(14,15)16/h8,17H,5-7,9H2,1-4H3. The van der Waals surface area contributed by atoms with Crippen molar-refractivity contribution in [1.29, 1.82) is 0 Å². The van der Waals surface area contributed by atoms with Gasteiger partial charge in [0.05, 0.1) is 18.8 Å². The average molecular weight is 293 g/mol. The Hall–Kier alpha value is -1.08. The van der Waals surface area contributed by atoms with Crippen LogP contribution in [0.25, 0.3) is 0 Å². The largest absolute Gasteiger partial charge is 0.411 e. The highest BCUT2D eigenvalue weighted by atomic mass is 19.4. The Morgan fingerprint density at radius 2 is 1.95 bits per heavy atom. The lowest BCUT2D eigenvalue weighted by molar-refractivity contribution is -0.174. The quantitative estimate of drug-likeness (QED) is 0.820. The number of nitrogens with zero attached hydrogens (tertiary/aromatic N) is 2. The summed E-state index contributed by atoms with van der Waals surface area (Å²) in [6.07, 6.45) is -2.44. The molecule has 116 valence electrons. The van der Waals surface area contributed by atoms with Crippen molar-refractivity contribution in [1.82, 2.24) is 15.1 Å². The lowest BCUT2D eigenvalue weighted by Gasteiger charge is -2.20. The van der Waals surface area contributed by atoms with E-state index in [4.69, 9.17) is 0 Å². The third-order valence-electron chi connectivity index (χ3n) is 2.59. The predicted molar refractivity (Wildman–Crippen MR) is 70.4 cm³/mol. The minimum absolute atomic E-state index is 0.00433. The molecule has 1 rings (SSSR count). The van der Waals surface area contributed by atoms with Gasteiger partial charge in [-0.25, -0.2) is 0 Å². The molecule has 4 nitrogen and oxygen atoms in total. The highest BCUT2D eigenvalue weighted by Gasteiger charge is 2.27. The first kappa shape index (κ1) is 17.0. The van der Waals surface area contributed by atoms with Crippen LogP contribution in [0.3, 0.4) is 0 Å². The minimum Gasteiger partial charge on any atom is -0.370 e. The second-order valence-electron chi connectivity index (χ2n) is 5.77. The van der Waals surface area contributed by atoms with Gasteiger partial charge >= 0.3 is 6.18 Å². The van der Waals surface area contributed by atoms with E-state index in [1.165, 1.54) is 0 Å². The van der Waals surface area contributed by atoms with Crippen LogP contribution in [0.15, 0.2) is 6.20 Å². The van der Waals surface area contributed by atoms with Crippen LogP contribution < -0.4 is 5.32 Å². The van der Waals surface area contributed by atoms with Crippen LogP contribution in [-0.2, 0) is 17.8 Å². The summed E-state index contributed by atoms with van der Waals surface area (Å²) in [4.78, 5) is 0. The number of ether oxygens (including phenoxy) is 1. The van der Waals surface area contributed by atoms with Crippen LogP contribution >= 0.6 is 0 Å². The summed E-state index contributed by atoms with van der Waals surface area (Å²) in [6.45, 7) is 7.85. The van der Waals surface area contributed by atoms with Gasteiger partial charge in [0.15, 0.2) is 0 Å². The number of aryl methyl sites for hydroxylation is 1. The fourth-order valence-electron chi connectivity index (χ4n) is 1.55. The van der Waals surface area contributed by atoms with Gasteiger partial charge in [0, 0.05) is 23.8 Å². The molecule has 7 heteroatoms. The van der Waals surface area contributed by atoms with Crippen LogP contribution in [0.1, 0.15) is 32.0 Å². The van der Waals surface area contributed by atoms with Crippen molar-refractivity contribution in [3.05, 3.63) is 17.5 Å². The zero-order chi connectivity index (χ0) is 15.4. The van der Waals surface area contributed by atoms with E-state index >= 15 is 0 Å². The maximum Gasteiger partial charge on any atom is 0.411 e. The summed E-state index contributed by atoms with van der Waals surface area (Å²) in [7, 11) is 0. The Balaban J connectivity index is 2.41. The van der Waals surface area contributed by atoms with Crippen molar-refractivity contribution in [2.75, 3.05) is 13.2 Å².